The number of allylic oxidation sites excluding steroid dienone is 2. The predicted molar refractivity (Wildman–Crippen MR) is 91.5 cm³/mol. The number of amides is 1. The summed E-state index contributed by atoms with van der Waals surface area (Å²) in [5.41, 5.74) is 0. The van der Waals surface area contributed by atoms with Gasteiger partial charge in [0.1, 0.15) is 17.7 Å². The molecule has 5 heteroatoms. The van der Waals surface area contributed by atoms with E-state index in [1.165, 1.54) is 12.1 Å². The Balaban J connectivity index is 1.38. The highest BCUT2D eigenvalue weighted by Crippen LogP contribution is 2.39. The van der Waals surface area contributed by atoms with Crippen LogP contribution in [0.1, 0.15) is 25.7 Å². The molecule has 1 amide bonds. The molecule has 4 nitrogen and oxygen atoms in total. The maximum absolute atomic E-state index is 13.0. The minimum Gasteiger partial charge on any atom is -0.488 e. The average Bonchev–Trinajstić information content (AvgIpc) is 3.26. The summed E-state index contributed by atoms with van der Waals surface area (Å²) in [6.07, 6.45) is 6.42. The highest BCUT2D eigenvalue weighted by molar-refractivity contribution is 5.80. The molecule has 2 fully saturated rings. The Morgan fingerprint density at radius 3 is 2.40 bits per heavy atom. The van der Waals surface area contributed by atoms with Crippen molar-refractivity contribution >= 4 is 5.91 Å². The number of aliphatic hydroxyl groups is 1. The summed E-state index contributed by atoms with van der Waals surface area (Å²) < 4.78 is 18.9. The van der Waals surface area contributed by atoms with Crippen LogP contribution in [0, 0.1) is 23.6 Å². The molecule has 0 unspecified atom stereocenters. The van der Waals surface area contributed by atoms with Gasteiger partial charge in [0.2, 0.25) is 5.91 Å². The minimum absolute atomic E-state index is 0.108. The van der Waals surface area contributed by atoms with Gasteiger partial charge in [0.05, 0.1) is 6.10 Å². The molecule has 1 heterocycles. The Morgan fingerprint density at radius 2 is 1.72 bits per heavy atom. The summed E-state index contributed by atoms with van der Waals surface area (Å²) in [5, 5.41) is 10.5. The van der Waals surface area contributed by atoms with E-state index in [2.05, 4.69) is 12.2 Å². The van der Waals surface area contributed by atoms with Crippen molar-refractivity contribution in [1.82, 2.24) is 4.90 Å². The van der Waals surface area contributed by atoms with Crippen LogP contribution < -0.4 is 4.74 Å². The number of likely N-dealkylation sites (tertiary alicyclic amines) is 1. The second kappa shape index (κ2) is 6.79. The Labute approximate surface area is 147 Å². The smallest absolute Gasteiger partial charge is 0.226 e. The van der Waals surface area contributed by atoms with E-state index in [0.717, 1.165) is 32.4 Å². The van der Waals surface area contributed by atoms with E-state index in [-0.39, 0.29) is 23.7 Å². The topological polar surface area (TPSA) is 49.8 Å². The molecule has 1 saturated carbocycles. The van der Waals surface area contributed by atoms with Crippen molar-refractivity contribution in [1.29, 1.82) is 0 Å². The summed E-state index contributed by atoms with van der Waals surface area (Å²) in [6.45, 7) is 1.51. The van der Waals surface area contributed by atoms with Crippen LogP contribution in [0.3, 0.4) is 0 Å². The predicted octanol–water partition coefficient (Wildman–Crippen LogP) is 2.77. The van der Waals surface area contributed by atoms with Gasteiger partial charge in [-0.05, 0) is 61.8 Å². The zero-order chi connectivity index (χ0) is 17.4. The molecule has 0 aromatic heterocycles. The molecule has 3 aliphatic rings. The molecule has 1 saturated heterocycles. The third-order valence-corrected chi connectivity index (χ3v) is 5.85. The Morgan fingerprint density at radius 1 is 1.08 bits per heavy atom. The minimum atomic E-state index is -0.547. The van der Waals surface area contributed by atoms with E-state index in [9.17, 15) is 14.3 Å². The molecule has 25 heavy (non-hydrogen) atoms. The molecular formula is C20H24FNO3. The van der Waals surface area contributed by atoms with Crippen molar-refractivity contribution in [3.05, 3.63) is 42.2 Å². The van der Waals surface area contributed by atoms with E-state index in [1.807, 2.05) is 4.90 Å². The van der Waals surface area contributed by atoms with E-state index in [4.69, 9.17) is 4.74 Å². The van der Waals surface area contributed by atoms with Crippen LogP contribution in [0.5, 0.6) is 5.75 Å². The van der Waals surface area contributed by atoms with Gasteiger partial charge in [-0.3, -0.25) is 4.79 Å². The van der Waals surface area contributed by atoms with E-state index in [0.29, 0.717) is 24.0 Å². The van der Waals surface area contributed by atoms with Crippen LogP contribution in [-0.2, 0) is 4.79 Å². The lowest BCUT2D eigenvalue weighted by molar-refractivity contribution is -0.134. The van der Waals surface area contributed by atoms with Gasteiger partial charge in [-0.25, -0.2) is 4.39 Å². The first-order chi connectivity index (χ1) is 12.1. The Kier molecular flexibility index (Phi) is 4.50. The van der Waals surface area contributed by atoms with E-state index >= 15 is 0 Å². The molecule has 4 atom stereocenters. The maximum Gasteiger partial charge on any atom is 0.226 e. The molecule has 0 bridgehead atoms. The van der Waals surface area contributed by atoms with Crippen molar-refractivity contribution in [2.45, 2.75) is 37.9 Å². The third-order valence-electron chi connectivity index (χ3n) is 5.85. The van der Waals surface area contributed by atoms with Gasteiger partial charge >= 0.3 is 0 Å². The number of fused-ring (bicyclic) bond motifs is 1. The van der Waals surface area contributed by atoms with Gasteiger partial charge in [-0.2, -0.15) is 0 Å². The van der Waals surface area contributed by atoms with Crippen molar-refractivity contribution in [3.8, 4) is 5.75 Å². The highest BCUT2D eigenvalue weighted by atomic mass is 19.1. The van der Waals surface area contributed by atoms with Crippen LogP contribution in [0.2, 0.25) is 0 Å². The number of aliphatic hydroxyl groups excluding tert-OH is 1. The standard InChI is InChI=1S/C20H24FNO3/c21-16-5-7-17(8-6-16)25-19-10-15-12-22(11-14(15)9-18(19)23)20(24)13-3-1-2-4-13/h1-2,5-8,13-15,18-19,23H,3-4,9-12H2/t14-,15+,18+,19+/m0/s1. The number of halogens is 1. The van der Waals surface area contributed by atoms with E-state index in [1.54, 1.807) is 12.1 Å². The van der Waals surface area contributed by atoms with E-state index < -0.39 is 6.10 Å². The summed E-state index contributed by atoms with van der Waals surface area (Å²) >= 11 is 0. The lowest BCUT2D eigenvalue weighted by atomic mass is 9.78. The molecule has 1 aromatic carbocycles. The van der Waals surface area contributed by atoms with Gasteiger partial charge in [0.15, 0.2) is 0 Å². The summed E-state index contributed by atoms with van der Waals surface area (Å²) in [6, 6.07) is 5.90. The van der Waals surface area contributed by atoms with Gasteiger partial charge in [-0.1, -0.05) is 12.2 Å². The monoisotopic (exact) mass is 345 g/mol. The molecule has 1 aliphatic heterocycles. The van der Waals surface area contributed by atoms with Crippen LogP contribution in [0.25, 0.3) is 0 Å². The highest BCUT2D eigenvalue weighted by Gasteiger charge is 2.44. The quantitative estimate of drug-likeness (QED) is 0.857. The average molecular weight is 345 g/mol. The summed E-state index contributed by atoms with van der Waals surface area (Å²) in [4.78, 5) is 14.6. The van der Waals surface area contributed by atoms with Crippen molar-refractivity contribution < 1.29 is 19.0 Å². The van der Waals surface area contributed by atoms with Gasteiger partial charge < -0.3 is 14.7 Å². The second-order valence-electron chi connectivity index (χ2n) is 7.55. The first-order valence-electron chi connectivity index (χ1n) is 9.14. The zero-order valence-corrected chi connectivity index (χ0v) is 14.2. The SMILES string of the molecule is O=C(C1CC=CC1)N1C[C@H]2C[C@@H](Oc3ccc(F)cc3)[C@H](O)C[C@H]2C1. The molecule has 134 valence electrons. The van der Waals surface area contributed by atoms with Crippen molar-refractivity contribution in [3.63, 3.8) is 0 Å². The summed E-state index contributed by atoms with van der Waals surface area (Å²) in [5.74, 6) is 1.35. The number of carbonyl (C=O) groups is 1. The molecule has 4 rings (SSSR count). The molecule has 0 radical (unpaired) electrons. The van der Waals surface area contributed by atoms with Gasteiger partial charge in [-0.15, -0.1) is 0 Å². The number of carbonyl (C=O) groups excluding carboxylic acids is 1. The lowest BCUT2D eigenvalue weighted by Gasteiger charge is -2.35. The first kappa shape index (κ1) is 16.6. The van der Waals surface area contributed by atoms with Crippen LogP contribution >= 0.6 is 0 Å². The molecule has 1 aromatic rings. The molecule has 0 spiro atoms. The van der Waals surface area contributed by atoms with Gasteiger partial charge in [0.25, 0.3) is 0 Å². The van der Waals surface area contributed by atoms with Crippen LogP contribution in [0.15, 0.2) is 36.4 Å². The first-order valence-corrected chi connectivity index (χ1v) is 9.14. The molecule has 2 aliphatic carbocycles. The summed E-state index contributed by atoms with van der Waals surface area (Å²) in [7, 11) is 0. The normalized spacial score (nSPS) is 32.0. The van der Waals surface area contributed by atoms with Crippen molar-refractivity contribution in [2.24, 2.45) is 17.8 Å². The fourth-order valence-corrected chi connectivity index (χ4v) is 4.46. The number of hydrogen-bond donors (Lipinski definition) is 1. The fourth-order valence-electron chi connectivity index (χ4n) is 4.46. The molecule has 1 N–H and O–H groups in total. The Hall–Kier alpha value is -1.88. The van der Waals surface area contributed by atoms with Crippen LogP contribution in [-0.4, -0.2) is 41.2 Å². The number of ether oxygens (including phenoxy) is 1. The number of benzene rings is 1. The maximum atomic E-state index is 13.0. The van der Waals surface area contributed by atoms with Gasteiger partial charge in [0, 0.05) is 19.0 Å². The fraction of sp³-hybridized carbons (Fsp3) is 0.550. The lowest BCUT2D eigenvalue weighted by Crippen LogP contribution is -2.42. The largest absolute Gasteiger partial charge is 0.488 e. The zero-order valence-electron chi connectivity index (χ0n) is 14.2. The third kappa shape index (κ3) is 3.43. The second-order valence-corrected chi connectivity index (χ2v) is 7.55. The molecular weight excluding hydrogens is 321 g/mol. The number of nitrogens with zero attached hydrogens (tertiary/aromatic N) is 1. The number of hydrogen-bond acceptors (Lipinski definition) is 3. The van der Waals surface area contributed by atoms with Crippen LogP contribution in [0.4, 0.5) is 4.39 Å². The van der Waals surface area contributed by atoms with Crippen molar-refractivity contribution in [2.75, 3.05) is 13.1 Å². The number of rotatable bonds is 3. The Bertz CT molecular complexity index is 651.